The molecule has 1 saturated heterocycles. The van der Waals surface area contributed by atoms with E-state index in [9.17, 15) is 4.79 Å². The number of nitrogens with zero attached hydrogens (tertiary/aromatic N) is 1. The Labute approximate surface area is 139 Å². The van der Waals surface area contributed by atoms with E-state index in [1.165, 1.54) is 12.8 Å². The Kier molecular flexibility index (Phi) is 5.88. The second kappa shape index (κ2) is 7.68. The van der Waals surface area contributed by atoms with Gasteiger partial charge >= 0.3 is 6.03 Å². The fraction of sp³-hybridized carbons (Fsp3) is 0.611. The molecule has 1 aliphatic heterocycles. The highest BCUT2D eigenvalue weighted by molar-refractivity contribution is 5.91. The summed E-state index contributed by atoms with van der Waals surface area (Å²) < 4.78 is 5.28. The summed E-state index contributed by atoms with van der Waals surface area (Å²) in [6, 6.07) is 7.34. The molecule has 1 aliphatic rings. The van der Waals surface area contributed by atoms with E-state index in [1.54, 1.807) is 7.11 Å². The first kappa shape index (κ1) is 17.6. The zero-order valence-corrected chi connectivity index (χ0v) is 14.7. The normalized spacial score (nSPS) is 16.9. The fourth-order valence-electron chi connectivity index (χ4n) is 2.82. The van der Waals surface area contributed by atoms with Crippen LogP contribution in [-0.2, 0) is 0 Å². The van der Waals surface area contributed by atoms with Crippen molar-refractivity contribution in [2.45, 2.75) is 39.7 Å². The molecule has 2 amide bonds. The van der Waals surface area contributed by atoms with Gasteiger partial charge in [0.05, 0.1) is 12.8 Å². The number of likely N-dealkylation sites (tertiary alicyclic amines) is 1. The largest absolute Gasteiger partial charge is 0.495 e. The van der Waals surface area contributed by atoms with Crippen LogP contribution in [0.5, 0.6) is 5.75 Å². The average Bonchev–Trinajstić information content (AvgIpc) is 2.99. The number of amides is 2. The van der Waals surface area contributed by atoms with Crippen molar-refractivity contribution in [3.63, 3.8) is 0 Å². The van der Waals surface area contributed by atoms with Crippen LogP contribution in [0.3, 0.4) is 0 Å². The molecule has 2 N–H and O–H groups in total. The molecule has 1 fully saturated rings. The first-order chi connectivity index (χ1) is 10.9. The molecule has 1 aromatic rings. The van der Waals surface area contributed by atoms with Crippen LogP contribution in [-0.4, -0.2) is 43.7 Å². The molecule has 0 radical (unpaired) electrons. The number of benzene rings is 1. The summed E-state index contributed by atoms with van der Waals surface area (Å²) >= 11 is 0. The molecule has 2 rings (SSSR count). The maximum Gasteiger partial charge on any atom is 0.319 e. The summed E-state index contributed by atoms with van der Waals surface area (Å²) in [5.41, 5.74) is 0.682. The average molecular weight is 319 g/mol. The van der Waals surface area contributed by atoms with Gasteiger partial charge in [-0.15, -0.1) is 0 Å². The smallest absolute Gasteiger partial charge is 0.319 e. The molecular weight excluding hydrogens is 290 g/mol. The van der Waals surface area contributed by atoms with Crippen LogP contribution < -0.4 is 15.4 Å². The van der Waals surface area contributed by atoms with Gasteiger partial charge in [-0.25, -0.2) is 4.79 Å². The predicted octanol–water partition coefficient (Wildman–Crippen LogP) is 3.33. The SMILES string of the molecule is COc1ccccc1NC(=O)N[C@H](CN1CCCC1)C(C)(C)C. The Hall–Kier alpha value is -1.75. The molecule has 1 heterocycles. The van der Waals surface area contributed by atoms with Crippen LogP contribution in [0.1, 0.15) is 33.6 Å². The van der Waals surface area contributed by atoms with Crippen LogP contribution in [0, 0.1) is 5.41 Å². The number of urea groups is 1. The molecule has 0 saturated carbocycles. The van der Waals surface area contributed by atoms with Gasteiger partial charge in [-0.2, -0.15) is 0 Å². The summed E-state index contributed by atoms with van der Waals surface area (Å²) in [6.45, 7) is 9.64. The maximum atomic E-state index is 12.4. The van der Waals surface area contributed by atoms with Gasteiger partial charge in [0, 0.05) is 12.6 Å². The maximum absolute atomic E-state index is 12.4. The first-order valence-corrected chi connectivity index (χ1v) is 8.33. The number of para-hydroxylation sites is 2. The summed E-state index contributed by atoms with van der Waals surface area (Å²) in [7, 11) is 1.60. The van der Waals surface area contributed by atoms with E-state index >= 15 is 0 Å². The van der Waals surface area contributed by atoms with Crippen molar-refractivity contribution in [1.29, 1.82) is 0 Å². The second-order valence-corrected chi connectivity index (χ2v) is 7.23. The van der Waals surface area contributed by atoms with E-state index in [1.807, 2.05) is 24.3 Å². The number of nitrogens with one attached hydrogen (secondary N) is 2. The first-order valence-electron chi connectivity index (χ1n) is 8.33. The molecule has 0 aromatic heterocycles. The lowest BCUT2D eigenvalue weighted by molar-refractivity contribution is 0.191. The van der Waals surface area contributed by atoms with Crippen LogP contribution >= 0.6 is 0 Å². The van der Waals surface area contributed by atoms with Crippen LogP contribution in [0.15, 0.2) is 24.3 Å². The lowest BCUT2D eigenvalue weighted by Gasteiger charge is -2.34. The summed E-state index contributed by atoms with van der Waals surface area (Å²) in [4.78, 5) is 14.8. The van der Waals surface area contributed by atoms with Gasteiger partial charge in [-0.1, -0.05) is 32.9 Å². The Morgan fingerprint density at radius 3 is 2.52 bits per heavy atom. The van der Waals surface area contributed by atoms with Crippen molar-refractivity contribution < 1.29 is 9.53 Å². The number of carbonyl (C=O) groups is 1. The van der Waals surface area contributed by atoms with Gasteiger partial charge in [-0.05, 0) is 43.5 Å². The summed E-state index contributed by atoms with van der Waals surface area (Å²) in [5.74, 6) is 0.662. The summed E-state index contributed by atoms with van der Waals surface area (Å²) in [6.07, 6.45) is 2.51. The zero-order valence-electron chi connectivity index (χ0n) is 14.7. The van der Waals surface area contributed by atoms with E-state index in [-0.39, 0.29) is 17.5 Å². The van der Waals surface area contributed by atoms with Gasteiger partial charge in [0.2, 0.25) is 0 Å². The highest BCUT2D eigenvalue weighted by Gasteiger charge is 2.29. The Balaban J connectivity index is 1.99. The molecule has 0 bridgehead atoms. The molecular formula is C18H29N3O2. The van der Waals surface area contributed by atoms with Gasteiger partial charge < -0.3 is 20.3 Å². The third kappa shape index (κ3) is 5.13. The fourth-order valence-corrected chi connectivity index (χ4v) is 2.82. The van der Waals surface area contributed by atoms with E-state index in [0.717, 1.165) is 19.6 Å². The molecule has 23 heavy (non-hydrogen) atoms. The van der Waals surface area contributed by atoms with E-state index in [4.69, 9.17) is 4.74 Å². The Morgan fingerprint density at radius 2 is 1.91 bits per heavy atom. The summed E-state index contributed by atoms with van der Waals surface area (Å²) in [5, 5.41) is 6.03. The number of hydrogen-bond acceptors (Lipinski definition) is 3. The molecule has 128 valence electrons. The monoisotopic (exact) mass is 319 g/mol. The predicted molar refractivity (Wildman–Crippen MR) is 94.1 cm³/mol. The quantitative estimate of drug-likeness (QED) is 0.875. The molecule has 0 aliphatic carbocycles. The standard InChI is InChI=1S/C18H29N3O2/c1-18(2,3)16(13-21-11-7-8-12-21)20-17(22)19-14-9-5-6-10-15(14)23-4/h5-6,9-10,16H,7-8,11-13H2,1-4H3,(H2,19,20,22)/t16-/m1/s1. The van der Waals surface area contributed by atoms with Crippen molar-refractivity contribution in [2.75, 3.05) is 32.1 Å². The van der Waals surface area contributed by atoms with E-state index in [0.29, 0.717) is 11.4 Å². The number of methoxy groups -OCH3 is 1. The number of anilines is 1. The molecule has 1 atom stereocenters. The van der Waals surface area contributed by atoms with E-state index < -0.39 is 0 Å². The minimum Gasteiger partial charge on any atom is -0.495 e. The minimum absolute atomic E-state index is 0.000699. The van der Waals surface area contributed by atoms with Crippen LogP contribution in [0.4, 0.5) is 10.5 Å². The third-order valence-corrected chi connectivity index (χ3v) is 4.35. The Bertz CT molecular complexity index is 519. The van der Waals surface area contributed by atoms with Crippen molar-refractivity contribution in [2.24, 2.45) is 5.41 Å². The molecule has 0 spiro atoms. The van der Waals surface area contributed by atoms with Crippen molar-refractivity contribution in [3.8, 4) is 5.75 Å². The van der Waals surface area contributed by atoms with Crippen molar-refractivity contribution in [1.82, 2.24) is 10.2 Å². The third-order valence-electron chi connectivity index (χ3n) is 4.35. The van der Waals surface area contributed by atoms with Crippen molar-refractivity contribution in [3.05, 3.63) is 24.3 Å². The molecule has 1 aromatic carbocycles. The number of rotatable bonds is 5. The molecule has 5 nitrogen and oxygen atoms in total. The number of carbonyl (C=O) groups excluding carboxylic acids is 1. The number of ether oxygens (including phenoxy) is 1. The molecule has 0 unspecified atom stereocenters. The number of hydrogen-bond donors (Lipinski definition) is 2. The topological polar surface area (TPSA) is 53.6 Å². The molecule has 5 heteroatoms. The van der Waals surface area contributed by atoms with Gasteiger partial charge in [0.15, 0.2) is 0 Å². The van der Waals surface area contributed by atoms with Gasteiger partial charge in [0.1, 0.15) is 5.75 Å². The van der Waals surface area contributed by atoms with Crippen molar-refractivity contribution >= 4 is 11.7 Å². The second-order valence-electron chi connectivity index (χ2n) is 7.23. The van der Waals surface area contributed by atoms with Gasteiger partial charge in [0.25, 0.3) is 0 Å². The van der Waals surface area contributed by atoms with E-state index in [2.05, 4.69) is 36.3 Å². The lowest BCUT2D eigenvalue weighted by atomic mass is 9.86. The lowest BCUT2D eigenvalue weighted by Crippen LogP contribution is -2.51. The highest BCUT2D eigenvalue weighted by atomic mass is 16.5. The Morgan fingerprint density at radius 1 is 1.26 bits per heavy atom. The highest BCUT2D eigenvalue weighted by Crippen LogP contribution is 2.24. The van der Waals surface area contributed by atoms with Gasteiger partial charge in [-0.3, -0.25) is 0 Å². The van der Waals surface area contributed by atoms with Crippen LogP contribution in [0.25, 0.3) is 0 Å². The minimum atomic E-state index is -0.186. The van der Waals surface area contributed by atoms with Crippen LogP contribution in [0.2, 0.25) is 0 Å². The zero-order chi connectivity index (χ0) is 16.9.